The van der Waals surface area contributed by atoms with E-state index in [2.05, 4.69) is 15.4 Å². The number of anilines is 1. The van der Waals surface area contributed by atoms with Crippen LogP contribution >= 0.6 is 0 Å². The Morgan fingerprint density at radius 3 is 2.63 bits per heavy atom. The fourth-order valence-electron chi connectivity index (χ4n) is 2.26. The summed E-state index contributed by atoms with van der Waals surface area (Å²) in [7, 11) is -3.52. The van der Waals surface area contributed by atoms with E-state index in [1.54, 1.807) is 4.31 Å². The van der Waals surface area contributed by atoms with Crippen LogP contribution in [0.4, 0.5) is 5.95 Å². The summed E-state index contributed by atoms with van der Waals surface area (Å²) >= 11 is 0. The topological polar surface area (TPSA) is 101 Å². The van der Waals surface area contributed by atoms with Gasteiger partial charge in [0.25, 0.3) is 0 Å². The lowest BCUT2D eigenvalue weighted by molar-refractivity contribution is 0.342. The Balaban J connectivity index is 2.29. The van der Waals surface area contributed by atoms with Gasteiger partial charge in [0.1, 0.15) is 4.90 Å². The van der Waals surface area contributed by atoms with Crippen molar-refractivity contribution in [3.63, 3.8) is 0 Å². The smallest absolute Gasteiger partial charge is 0.246 e. The summed E-state index contributed by atoms with van der Waals surface area (Å²) in [6, 6.07) is 0.0137. The molecule has 0 spiro atoms. The number of rotatable bonds is 3. The molecule has 0 aromatic carbocycles. The minimum Gasteiger partial charge on any atom is -0.292 e. The van der Waals surface area contributed by atoms with Crippen LogP contribution in [0.2, 0.25) is 0 Å². The molecule has 1 aliphatic heterocycles. The number of hydrazine groups is 1. The maximum Gasteiger partial charge on any atom is 0.246 e. The molecule has 0 bridgehead atoms. The van der Waals surface area contributed by atoms with Crippen molar-refractivity contribution in [3.8, 4) is 0 Å². The normalized spacial score (nSPS) is 21.9. The van der Waals surface area contributed by atoms with Crippen LogP contribution in [-0.2, 0) is 10.0 Å². The highest BCUT2D eigenvalue weighted by molar-refractivity contribution is 7.89. The molecule has 1 aromatic rings. The van der Waals surface area contributed by atoms with Crippen molar-refractivity contribution >= 4 is 16.0 Å². The number of aromatic nitrogens is 2. The van der Waals surface area contributed by atoms with Crippen LogP contribution in [0.1, 0.15) is 32.6 Å². The standard InChI is InChI=1S/C11H19N5O2S/c1-9-5-3-2-4-6-16(9)19(17,18)10-7-13-11(15-12)14-8-10/h7-9H,2-6,12H2,1H3,(H,13,14,15). The van der Waals surface area contributed by atoms with Crippen LogP contribution in [0.5, 0.6) is 0 Å². The first-order valence-electron chi connectivity index (χ1n) is 6.36. The first-order chi connectivity index (χ1) is 9.05. The summed E-state index contributed by atoms with van der Waals surface area (Å²) in [6.45, 7) is 2.50. The van der Waals surface area contributed by atoms with Crippen LogP contribution in [0.15, 0.2) is 17.3 Å². The number of nitrogens with two attached hydrogens (primary N) is 1. The minimum absolute atomic E-state index is 0.0137. The summed E-state index contributed by atoms with van der Waals surface area (Å²) in [4.78, 5) is 7.82. The Morgan fingerprint density at radius 1 is 1.32 bits per heavy atom. The van der Waals surface area contributed by atoms with Gasteiger partial charge < -0.3 is 0 Å². The molecular weight excluding hydrogens is 266 g/mol. The molecule has 1 aliphatic rings. The van der Waals surface area contributed by atoms with Gasteiger partial charge in [-0.2, -0.15) is 4.31 Å². The van der Waals surface area contributed by atoms with Crippen molar-refractivity contribution in [2.24, 2.45) is 5.84 Å². The first-order valence-corrected chi connectivity index (χ1v) is 7.80. The van der Waals surface area contributed by atoms with Gasteiger partial charge in [-0.25, -0.2) is 24.2 Å². The molecule has 0 aliphatic carbocycles. The average Bonchev–Trinajstić information content (AvgIpc) is 2.64. The largest absolute Gasteiger partial charge is 0.292 e. The van der Waals surface area contributed by atoms with Crippen molar-refractivity contribution in [1.82, 2.24) is 14.3 Å². The van der Waals surface area contributed by atoms with E-state index in [-0.39, 0.29) is 16.9 Å². The summed E-state index contributed by atoms with van der Waals surface area (Å²) in [6.07, 6.45) is 6.50. The molecule has 8 heteroatoms. The van der Waals surface area contributed by atoms with Crippen molar-refractivity contribution < 1.29 is 8.42 Å². The number of nitrogens with one attached hydrogen (secondary N) is 1. The third-order valence-corrected chi connectivity index (χ3v) is 5.32. The van der Waals surface area contributed by atoms with E-state index in [4.69, 9.17) is 5.84 Å². The molecule has 106 valence electrons. The predicted molar refractivity (Wildman–Crippen MR) is 71.7 cm³/mol. The molecule has 2 heterocycles. The quantitative estimate of drug-likeness (QED) is 0.626. The summed E-state index contributed by atoms with van der Waals surface area (Å²) in [5.41, 5.74) is 2.27. The van der Waals surface area contributed by atoms with E-state index in [1.807, 2.05) is 6.92 Å². The van der Waals surface area contributed by atoms with Crippen LogP contribution in [-0.4, -0.2) is 35.3 Å². The van der Waals surface area contributed by atoms with E-state index in [0.717, 1.165) is 25.7 Å². The zero-order valence-electron chi connectivity index (χ0n) is 10.9. The van der Waals surface area contributed by atoms with Crippen molar-refractivity contribution in [3.05, 3.63) is 12.4 Å². The Hall–Kier alpha value is -1.25. The Morgan fingerprint density at radius 2 is 2.00 bits per heavy atom. The highest BCUT2D eigenvalue weighted by Gasteiger charge is 2.30. The number of hydrogen-bond donors (Lipinski definition) is 2. The monoisotopic (exact) mass is 285 g/mol. The SMILES string of the molecule is CC1CCCCCN1S(=O)(=O)c1cnc(NN)nc1. The average molecular weight is 285 g/mol. The molecule has 1 aromatic heterocycles. The molecule has 1 unspecified atom stereocenters. The van der Waals surface area contributed by atoms with Crippen LogP contribution < -0.4 is 11.3 Å². The summed E-state index contributed by atoms with van der Waals surface area (Å²) in [5, 5.41) is 0. The van der Waals surface area contributed by atoms with E-state index in [0.29, 0.717) is 6.54 Å². The highest BCUT2D eigenvalue weighted by Crippen LogP contribution is 2.23. The lowest BCUT2D eigenvalue weighted by Crippen LogP contribution is -2.38. The minimum atomic E-state index is -3.52. The molecule has 1 atom stereocenters. The van der Waals surface area contributed by atoms with Gasteiger partial charge in [-0.15, -0.1) is 0 Å². The van der Waals surface area contributed by atoms with Gasteiger partial charge in [-0.3, -0.25) is 5.43 Å². The molecule has 0 amide bonds. The second-order valence-corrected chi connectivity index (χ2v) is 6.59. The van der Waals surface area contributed by atoms with E-state index >= 15 is 0 Å². The number of nitrogen functional groups attached to an aromatic ring is 1. The predicted octanol–water partition coefficient (Wildman–Crippen LogP) is 0.715. The summed E-state index contributed by atoms with van der Waals surface area (Å²) < 4.78 is 26.6. The van der Waals surface area contributed by atoms with Gasteiger partial charge >= 0.3 is 0 Å². The van der Waals surface area contributed by atoms with Crippen molar-refractivity contribution in [1.29, 1.82) is 0 Å². The lowest BCUT2D eigenvalue weighted by Gasteiger charge is -2.25. The number of sulfonamides is 1. The molecule has 2 rings (SSSR count). The van der Waals surface area contributed by atoms with Crippen molar-refractivity contribution in [2.45, 2.75) is 43.5 Å². The highest BCUT2D eigenvalue weighted by atomic mass is 32.2. The first kappa shape index (κ1) is 14.2. The molecule has 19 heavy (non-hydrogen) atoms. The zero-order valence-corrected chi connectivity index (χ0v) is 11.7. The number of hydrogen-bond acceptors (Lipinski definition) is 6. The maximum atomic E-state index is 12.5. The lowest BCUT2D eigenvalue weighted by atomic mass is 10.1. The second-order valence-electron chi connectivity index (χ2n) is 4.70. The van der Waals surface area contributed by atoms with Crippen molar-refractivity contribution in [2.75, 3.05) is 12.0 Å². The van der Waals surface area contributed by atoms with Gasteiger partial charge in [0.2, 0.25) is 16.0 Å². The van der Waals surface area contributed by atoms with E-state index < -0.39 is 10.0 Å². The van der Waals surface area contributed by atoms with Gasteiger partial charge in [0, 0.05) is 12.6 Å². The van der Waals surface area contributed by atoms with E-state index in [1.165, 1.54) is 12.4 Å². The van der Waals surface area contributed by atoms with Gasteiger partial charge in [0.05, 0.1) is 12.4 Å². The zero-order chi connectivity index (χ0) is 13.9. The molecule has 3 N–H and O–H groups in total. The fourth-order valence-corrected chi connectivity index (χ4v) is 3.86. The van der Waals surface area contributed by atoms with Gasteiger partial charge in [0.15, 0.2) is 0 Å². The van der Waals surface area contributed by atoms with Crippen LogP contribution in [0.3, 0.4) is 0 Å². The van der Waals surface area contributed by atoms with E-state index in [9.17, 15) is 8.42 Å². The Labute approximate surface area is 113 Å². The fraction of sp³-hybridized carbons (Fsp3) is 0.636. The second kappa shape index (κ2) is 5.81. The Kier molecular flexibility index (Phi) is 4.33. The molecule has 1 saturated heterocycles. The molecule has 7 nitrogen and oxygen atoms in total. The maximum absolute atomic E-state index is 12.5. The third kappa shape index (κ3) is 3.02. The van der Waals surface area contributed by atoms with Crippen LogP contribution in [0, 0.1) is 0 Å². The molecule has 1 fully saturated rings. The molecule has 0 saturated carbocycles. The van der Waals surface area contributed by atoms with Gasteiger partial charge in [-0.1, -0.05) is 12.8 Å². The molecular formula is C11H19N5O2S. The molecule has 0 radical (unpaired) electrons. The number of nitrogens with zero attached hydrogens (tertiary/aromatic N) is 3. The Bertz CT molecular complexity index is 516. The summed E-state index contributed by atoms with van der Waals surface area (Å²) in [5.74, 6) is 5.36. The van der Waals surface area contributed by atoms with Gasteiger partial charge in [-0.05, 0) is 19.8 Å². The van der Waals surface area contributed by atoms with Crippen LogP contribution in [0.25, 0.3) is 0 Å². The third-order valence-electron chi connectivity index (χ3n) is 3.36.